The smallest absolute Gasteiger partial charge is 0.0912 e. The molecule has 12 heavy (non-hydrogen) atoms. The fourth-order valence-corrected chi connectivity index (χ4v) is 0.940. The van der Waals surface area contributed by atoms with E-state index < -0.39 is 6.10 Å². The third kappa shape index (κ3) is 2.49. The zero-order valence-corrected chi connectivity index (χ0v) is 6.85. The number of allylic oxidation sites excluding steroid dienone is 6. The van der Waals surface area contributed by atoms with E-state index in [4.69, 9.17) is 5.73 Å². The lowest BCUT2D eigenvalue weighted by atomic mass is 10.1. The van der Waals surface area contributed by atoms with E-state index in [1.54, 1.807) is 0 Å². The van der Waals surface area contributed by atoms with Gasteiger partial charge in [0.05, 0.1) is 6.10 Å². The van der Waals surface area contributed by atoms with E-state index in [-0.39, 0.29) is 6.54 Å². The number of hydrogen-bond donors (Lipinski definition) is 2. The molecule has 1 rings (SSSR count). The van der Waals surface area contributed by atoms with Gasteiger partial charge in [-0.3, -0.25) is 0 Å². The van der Waals surface area contributed by atoms with Crippen molar-refractivity contribution in [3.63, 3.8) is 0 Å². The summed E-state index contributed by atoms with van der Waals surface area (Å²) in [7, 11) is 0. The molecule has 1 unspecified atom stereocenters. The van der Waals surface area contributed by atoms with Crippen LogP contribution in [0.2, 0.25) is 0 Å². The van der Waals surface area contributed by atoms with Crippen LogP contribution >= 0.6 is 0 Å². The van der Waals surface area contributed by atoms with E-state index in [0.717, 1.165) is 5.57 Å². The van der Waals surface area contributed by atoms with Crippen molar-refractivity contribution in [2.45, 2.75) is 6.10 Å². The Morgan fingerprint density at radius 2 is 1.83 bits per heavy atom. The van der Waals surface area contributed by atoms with Crippen molar-refractivity contribution in [1.82, 2.24) is 0 Å². The van der Waals surface area contributed by atoms with Crippen LogP contribution < -0.4 is 5.73 Å². The third-order valence-corrected chi connectivity index (χ3v) is 1.63. The molecule has 1 aliphatic rings. The number of hydrogen-bond acceptors (Lipinski definition) is 2. The van der Waals surface area contributed by atoms with E-state index in [9.17, 15) is 5.11 Å². The van der Waals surface area contributed by atoms with Crippen molar-refractivity contribution < 1.29 is 5.11 Å². The quantitative estimate of drug-likeness (QED) is 0.635. The van der Waals surface area contributed by atoms with E-state index >= 15 is 0 Å². The van der Waals surface area contributed by atoms with Crippen LogP contribution in [-0.2, 0) is 0 Å². The number of aliphatic hydroxyl groups excluding tert-OH is 1. The van der Waals surface area contributed by atoms with Gasteiger partial charge in [0.2, 0.25) is 0 Å². The van der Waals surface area contributed by atoms with E-state index in [2.05, 4.69) is 0 Å². The Morgan fingerprint density at radius 3 is 2.58 bits per heavy atom. The third-order valence-electron chi connectivity index (χ3n) is 1.63. The lowest BCUT2D eigenvalue weighted by molar-refractivity contribution is 0.223. The summed E-state index contributed by atoms with van der Waals surface area (Å²) >= 11 is 0. The minimum Gasteiger partial charge on any atom is -0.387 e. The first-order valence-electron chi connectivity index (χ1n) is 3.94. The summed E-state index contributed by atoms with van der Waals surface area (Å²) in [5, 5.41) is 9.40. The molecule has 1 aliphatic carbocycles. The molecule has 0 saturated carbocycles. The normalized spacial score (nSPS) is 18.3. The van der Waals surface area contributed by atoms with Gasteiger partial charge in [-0.2, -0.15) is 0 Å². The van der Waals surface area contributed by atoms with Crippen molar-refractivity contribution in [3.05, 3.63) is 48.1 Å². The highest BCUT2D eigenvalue weighted by molar-refractivity contribution is 5.33. The average molecular weight is 163 g/mol. The lowest BCUT2D eigenvalue weighted by Crippen LogP contribution is -2.21. The molecule has 64 valence electrons. The van der Waals surface area contributed by atoms with Gasteiger partial charge in [-0.25, -0.2) is 0 Å². The van der Waals surface area contributed by atoms with Crippen LogP contribution in [0.15, 0.2) is 48.1 Å². The number of nitrogens with two attached hydrogens (primary N) is 1. The molecular formula is C10H13NO. The first-order valence-corrected chi connectivity index (χ1v) is 3.94. The maximum Gasteiger partial charge on any atom is 0.0912 e. The molecule has 3 N–H and O–H groups in total. The standard InChI is InChI=1S/C10H13NO/c11-8-10(12)9-6-4-2-1-3-5-7-9/h1-7,10,12H,8,11H2. The maximum absolute atomic E-state index is 9.40. The van der Waals surface area contributed by atoms with Gasteiger partial charge in [-0.1, -0.05) is 42.5 Å². The second-order valence-corrected chi connectivity index (χ2v) is 2.55. The van der Waals surface area contributed by atoms with Crippen LogP contribution in [0.5, 0.6) is 0 Å². The highest BCUT2D eigenvalue weighted by Crippen LogP contribution is 2.05. The summed E-state index contributed by atoms with van der Waals surface area (Å²) in [5.74, 6) is 0. The Balaban J connectivity index is 2.75. The van der Waals surface area contributed by atoms with E-state index in [0.29, 0.717) is 0 Å². The van der Waals surface area contributed by atoms with Crippen LogP contribution in [0.4, 0.5) is 0 Å². The van der Waals surface area contributed by atoms with Gasteiger partial charge < -0.3 is 10.8 Å². The molecule has 0 aromatic carbocycles. The molecule has 1 atom stereocenters. The Kier molecular flexibility index (Phi) is 3.51. The molecule has 0 bridgehead atoms. The highest BCUT2D eigenvalue weighted by Gasteiger charge is 2.03. The van der Waals surface area contributed by atoms with Crippen LogP contribution in [0.25, 0.3) is 0 Å². The first kappa shape index (κ1) is 8.97. The highest BCUT2D eigenvalue weighted by atomic mass is 16.3. The van der Waals surface area contributed by atoms with Crippen LogP contribution in [0, 0.1) is 0 Å². The summed E-state index contributed by atoms with van der Waals surface area (Å²) in [6.45, 7) is 0.258. The van der Waals surface area contributed by atoms with Crippen LogP contribution in [0.3, 0.4) is 0 Å². The molecule has 0 fully saturated rings. The fraction of sp³-hybridized carbons (Fsp3) is 0.200. The Hall–Kier alpha value is -1.12. The molecular weight excluding hydrogens is 150 g/mol. The lowest BCUT2D eigenvalue weighted by Gasteiger charge is -2.07. The SMILES string of the molecule is NCC(O)C1=CC=CC=CC=C1. The predicted octanol–water partition coefficient (Wildman–Crippen LogP) is 0.915. The Morgan fingerprint density at radius 1 is 1.17 bits per heavy atom. The summed E-state index contributed by atoms with van der Waals surface area (Å²) in [6.07, 6.45) is 12.7. The van der Waals surface area contributed by atoms with Gasteiger partial charge >= 0.3 is 0 Å². The largest absolute Gasteiger partial charge is 0.387 e. The second kappa shape index (κ2) is 4.70. The van der Waals surface area contributed by atoms with E-state index in [1.807, 2.05) is 42.5 Å². The number of aliphatic hydroxyl groups is 1. The van der Waals surface area contributed by atoms with Gasteiger partial charge in [0.15, 0.2) is 0 Å². The van der Waals surface area contributed by atoms with Gasteiger partial charge in [0.25, 0.3) is 0 Å². The minimum absolute atomic E-state index is 0.258. The van der Waals surface area contributed by atoms with Crippen LogP contribution in [0.1, 0.15) is 0 Å². The zero-order chi connectivity index (χ0) is 8.81. The Labute approximate surface area is 72.4 Å². The van der Waals surface area contributed by atoms with Gasteiger partial charge in [0, 0.05) is 6.54 Å². The molecule has 0 heterocycles. The Bertz CT molecular complexity index is 249. The molecule has 0 aliphatic heterocycles. The van der Waals surface area contributed by atoms with Crippen molar-refractivity contribution in [1.29, 1.82) is 0 Å². The van der Waals surface area contributed by atoms with Gasteiger partial charge in [-0.15, -0.1) is 0 Å². The van der Waals surface area contributed by atoms with Crippen LogP contribution in [-0.4, -0.2) is 17.8 Å². The molecule has 0 spiro atoms. The fourth-order valence-electron chi connectivity index (χ4n) is 0.940. The van der Waals surface area contributed by atoms with Crippen molar-refractivity contribution in [2.75, 3.05) is 6.54 Å². The maximum atomic E-state index is 9.40. The first-order chi connectivity index (χ1) is 5.84. The minimum atomic E-state index is -0.558. The summed E-state index contributed by atoms with van der Waals surface area (Å²) in [5.41, 5.74) is 6.17. The molecule has 0 radical (unpaired) electrons. The zero-order valence-electron chi connectivity index (χ0n) is 6.85. The monoisotopic (exact) mass is 163 g/mol. The number of rotatable bonds is 2. The van der Waals surface area contributed by atoms with E-state index in [1.165, 1.54) is 0 Å². The summed E-state index contributed by atoms with van der Waals surface area (Å²) < 4.78 is 0. The van der Waals surface area contributed by atoms with Gasteiger partial charge in [-0.05, 0) is 5.57 Å². The molecule has 0 aromatic heterocycles. The second-order valence-electron chi connectivity index (χ2n) is 2.55. The molecule has 0 saturated heterocycles. The summed E-state index contributed by atoms with van der Waals surface area (Å²) in [4.78, 5) is 0. The molecule has 0 aromatic rings. The topological polar surface area (TPSA) is 46.2 Å². The predicted molar refractivity (Wildman–Crippen MR) is 50.6 cm³/mol. The van der Waals surface area contributed by atoms with Gasteiger partial charge in [0.1, 0.15) is 0 Å². The summed E-state index contributed by atoms with van der Waals surface area (Å²) in [6, 6.07) is 0. The van der Waals surface area contributed by atoms with Crippen molar-refractivity contribution in [2.24, 2.45) is 5.73 Å². The average Bonchev–Trinajstić information content (AvgIpc) is 2.02. The van der Waals surface area contributed by atoms with Crippen molar-refractivity contribution >= 4 is 0 Å². The molecule has 2 heteroatoms. The molecule has 2 nitrogen and oxygen atoms in total. The van der Waals surface area contributed by atoms with Crippen molar-refractivity contribution in [3.8, 4) is 0 Å². The molecule has 0 amide bonds.